The number of ether oxygens (including phenoxy) is 1. The summed E-state index contributed by atoms with van der Waals surface area (Å²) in [7, 11) is 0. The molecule has 21 heavy (non-hydrogen) atoms. The highest BCUT2D eigenvalue weighted by atomic mass is 16.5. The Morgan fingerprint density at radius 1 is 1.29 bits per heavy atom. The molecule has 0 aromatic heterocycles. The summed E-state index contributed by atoms with van der Waals surface area (Å²) in [5, 5.41) is 15.1. The van der Waals surface area contributed by atoms with Crippen LogP contribution in [0, 0.1) is 11.8 Å². The van der Waals surface area contributed by atoms with Crippen LogP contribution >= 0.6 is 0 Å². The number of likely N-dealkylation sites (N-methyl/N-ethyl adjacent to an activating group) is 1. The second-order valence-electron chi connectivity index (χ2n) is 5.89. The topological polar surface area (TPSA) is 87.7 Å². The van der Waals surface area contributed by atoms with E-state index >= 15 is 0 Å². The summed E-state index contributed by atoms with van der Waals surface area (Å²) in [5.41, 5.74) is 0. The van der Waals surface area contributed by atoms with Gasteiger partial charge >= 0.3 is 5.97 Å². The van der Waals surface area contributed by atoms with Crippen LogP contribution in [0.5, 0.6) is 0 Å². The number of hydrogen-bond acceptors (Lipinski definition) is 4. The zero-order valence-electron chi connectivity index (χ0n) is 13.2. The van der Waals surface area contributed by atoms with Crippen molar-refractivity contribution >= 4 is 11.9 Å². The molecule has 0 aliphatic carbocycles. The van der Waals surface area contributed by atoms with E-state index in [9.17, 15) is 9.59 Å². The molecule has 0 aromatic carbocycles. The van der Waals surface area contributed by atoms with Crippen LogP contribution in [0.3, 0.4) is 0 Å². The molecule has 4 unspecified atom stereocenters. The Labute approximate surface area is 126 Å². The van der Waals surface area contributed by atoms with Gasteiger partial charge in [-0.05, 0) is 26.3 Å². The fourth-order valence-electron chi connectivity index (χ4n) is 2.55. The minimum Gasteiger partial charge on any atom is -0.481 e. The van der Waals surface area contributed by atoms with Gasteiger partial charge in [0.25, 0.3) is 0 Å². The Morgan fingerprint density at radius 2 is 2.00 bits per heavy atom. The van der Waals surface area contributed by atoms with Crippen molar-refractivity contribution in [2.75, 3.05) is 19.8 Å². The van der Waals surface area contributed by atoms with Crippen LogP contribution in [-0.4, -0.2) is 48.8 Å². The van der Waals surface area contributed by atoms with E-state index in [-0.39, 0.29) is 29.8 Å². The third kappa shape index (κ3) is 6.01. The second kappa shape index (κ2) is 9.00. The molecule has 1 fully saturated rings. The van der Waals surface area contributed by atoms with E-state index in [1.54, 1.807) is 6.92 Å². The van der Waals surface area contributed by atoms with Gasteiger partial charge in [-0.25, -0.2) is 0 Å². The first-order valence-corrected chi connectivity index (χ1v) is 7.80. The van der Waals surface area contributed by atoms with Gasteiger partial charge < -0.3 is 20.5 Å². The van der Waals surface area contributed by atoms with Crippen LogP contribution in [0.2, 0.25) is 0 Å². The number of carbonyl (C=O) groups is 2. The average Bonchev–Trinajstić information content (AvgIpc) is 2.87. The maximum Gasteiger partial charge on any atom is 0.306 e. The normalized spacial score (nSPS) is 24.5. The summed E-state index contributed by atoms with van der Waals surface area (Å²) in [6.07, 6.45) is 2.23. The lowest BCUT2D eigenvalue weighted by Crippen LogP contribution is -2.46. The summed E-state index contributed by atoms with van der Waals surface area (Å²) in [6.45, 7) is 7.55. The molecule has 0 bridgehead atoms. The average molecular weight is 300 g/mol. The van der Waals surface area contributed by atoms with Crippen molar-refractivity contribution in [1.29, 1.82) is 0 Å². The number of rotatable bonds is 9. The molecular weight excluding hydrogens is 272 g/mol. The smallest absolute Gasteiger partial charge is 0.306 e. The summed E-state index contributed by atoms with van der Waals surface area (Å²) in [4.78, 5) is 23.0. The largest absolute Gasteiger partial charge is 0.481 e. The highest BCUT2D eigenvalue weighted by Crippen LogP contribution is 2.15. The van der Waals surface area contributed by atoms with Crippen molar-refractivity contribution in [2.24, 2.45) is 11.8 Å². The lowest BCUT2D eigenvalue weighted by Gasteiger charge is -2.21. The van der Waals surface area contributed by atoms with Crippen molar-refractivity contribution in [2.45, 2.75) is 52.1 Å². The molecule has 0 aromatic rings. The molecule has 1 amide bonds. The van der Waals surface area contributed by atoms with Gasteiger partial charge in [0.05, 0.1) is 25.0 Å². The molecule has 0 spiro atoms. The Kier molecular flexibility index (Phi) is 7.67. The van der Waals surface area contributed by atoms with E-state index in [1.165, 1.54) is 0 Å². The molecule has 122 valence electrons. The quantitative estimate of drug-likeness (QED) is 0.591. The molecule has 0 saturated carbocycles. The molecule has 6 nitrogen and oxygen atoms in total. The van der Waals surface area contributed by atoms with E-state index < -0.39 is 5.97 Å². The van der Waals surface area contributed by atoms with Gasteiger partial charge in [-0.1, -0.05) is 20.3 Å². The minimum absolute atomic E-state index is 0.0252. The zero-order chi connectivity index (χ0) is 15.8. The monoisotopic (exact) mass is 300 g/mol. The summed E-state index contributed by atoms with van der Waals surface area (Å²) >= 11 is 0. The lowest BCUT2D eigenvalue weighted by atomic mass is 10.00. The molecular formula is C15H28N2O4. The Balaban J connectivity index is 2.28. The zero-order valence-corrected chi connectivity index (χ0v) is 13.2. The van der Waals surface area contributed by atoms with Gasteiger partial charge in [0, 0.05) is 12.1 Å². The van der Waals surface area contributed by atoms with Gasteiger partial charge in [-0.3, -0.25) is 9.59 Å². The number of amides is 1. The van der Waals surface area contributed by atoms with Crippen LogP contribution in [0.1, 0.15) is 40.0 Å². The molecule has 1 aliphatic heterocycles. The SMILES string of the molecule is CCNC1COCC1C(=O)NC(C)CCCC(C)C(=O)O. The van der Waals surface area contributed by atoms with Crippen molar-refractivity contribution in [1.82, 2.24) is 10.6 Å². The lowest BCUT2D eigenvalue weighted by molar-refractivity contribution is -0.141. The number of nitrogens with one attached hydrogen (secondary N) is 2. The molecule has 4 atom stereocenters. The van der Waals surface area contributed by atoms with Crippen LogP contribution in [0.25, 0.3) is 0 Å². The number of carbonyl (C=O) groups excluding carboxylic acids is 1. The van der Waals surface area contributed by atoms with Gasteiger partial charge in [0.1, 0.15) is 0 Å². The predicted octanol–water partition coefficient (Wildman–Crippen LogP) is 1.01. The van der Waals surface area contributed by atoms with Crippen molar-refractivity contribution in [3.05, 3.63) is 0 Å². The van der Waals surface area contributed by atoms with Gasteiger partial charge in [-0.2, -0.15) is 0 Å². The number of hydrogen-bond donors (Lipinski definition) is 3. The third-order valence-electron chi connectivity index (χ3n) is 3.97. The maximum atomic E-state index is 12.2. The summed E-state index contributed by atoms with van der Waals surface area (Å²) in [5.74, 6) is -1.19. The summed E-state index contributed by atoms with van der Waals surface area (Å²) in [6, 6.07) is 0.149. The highest BCUT2D eigenvalue weighted by Gasteiger charge is 2.33. The fraction of sp³-hybridized carbons (Fsp3) is 0.867. The standard InChI is InChI=1S/C15H28N2O4/c1-4-16-13-9-21-8-12(13)14(18)17-11(3)7-5-6-10(2)15(19)20/h10-13,16H,4-9H2,1-3H3,(H,17,18)(H,19,20). The maximum absolute atomic E-state index is 12.2. The first-order chi connectivity index (χ1) is 9.95. The van der Waals surface area contributed by atoms with Crippen LogP contribution in [-0.2, 0) is 14.3 Å². The highest BCUT2D eigenvalue weighted by molar-refractivity contribution is 5.80. The first-order valence-electron chi connectivity index (χ1n) is 7.80. The molecule has 1 rings (SSSR count). The number of carboxylic acid groups (broad SMARTS) is 1. The van der Waals surface area contributed by atoms with Crippen LogP contribution in [0.4, 0.5) is 0 Å². The van der Waals surface area contributed by atoms with Crippen LogP contribution < -0.4 is 10.6 Å². The molecule has 6 heteroatoms. The molecule has 1 saturated heterocycles. The van der Waals surface area contributed by atoms with E-state index in [0.717, 1.165) is 19.4 Å². The summed E-state index contributed by atoms with van der Waals surface area (Å²) < 4.78 is 5.38. The Hall–Kier alpha value is -1.14. The van der Waals surface area contributed by atoms with Gasteiger partial charge in [0.2, 0.25) is 5.91 Å². The Bertz CT molecular complexity index is 349. The molecule has 3 N–H and O–H groups in total. The van der Waals surface area contributed by atoms with E-state index in [4.69, 9.17) is 9.84 Å². The van der Waals surface area contributed by atoms with Gasteiger partial charge in [-0.15, -0.1) is 0 Å². The molecule has 1 heterocycles. The minimum atomic E-state index is -0.761. The van der Waals surface area contributed by atoms with E-state index in [0.29, 0.717) is 19.6 Å². The Morgan fingerprint density at radius 3 is 2.62 bits per heavy atom. The number of carboxylic acids is 1. The van der Waals surface area contributed by atoms with E-state index in [2.05, 4.69) is 10.6 Å². The first kappa shape index (κ1) is 17.9. The molecule has 1 aliphatic rings. The van der Waals surface area contributed by atoms with Crippen molar-refractivity contribution < 1.29 is 19.4 Å². The van der Waals surface area contributed by atoms with E-state index in [1.807, 2.05) is 13.8 Å². The van der Waals surface area contributed by atoms with Crippen LogP contribution in [0.15, 0.2) is 0 Å². The molecule has 0 radical (unpaired) electrons. The van der Waals surface area contributed by atoms with Crippen molar-refractivity contribution in [3.8, 4) is 0 Å². The third-order valence-corrected chi connectivity index (χ3v) is 3.97. The number of aliphatic carboxylic acids is 1. The van der Waals surface area contributed by atoms with Crippen molar-refractivity contribution in [3.63, 3.8) is 0 Å². The predicted molar refractivity (Wildman–Crippen MR) is 80.0 cm³/mol. The second-order valence-corrected chi connectivity index (χ2v) is 5.89. The fourth-order valence-corrected chi connectivity index (χ4v) is 2.55. The van der Waals surface area contributed by atoms with Gasteiger partial charge in [0.15, 0.2) is 0 Å².